The Labute approximate surface area is 225 Å². The molecule has 12 heteroatoms. The van der Waals surface area contributed by atoms with Crippen LogP contribution in [0.4, 0.5) is 34.8 Å². The summed E-state index contributed by atoms with van der Waals surface area (Å²) in [5.74, 6) is -1.46. The van der Waals surface area contributed by atoms with Crippen molar-refractivity contribution in [2.45, 2.75) is 19.0 Å². The number of fused-ring (bicyclic) bond motifs is 1. The van der Waals surface area contributed by atoms with Gasteiger partial charge in [0.15, 0.2) is 17.1 Å². The molecule has 0 saturated carbocycles. The lowest BCUT2D eigenvalue weighted by molar-refractivity contribution is -0.141. The first-order valence-corrected chi connectivity index (χ1v) is 12.5. The summed E-state index contributed by atoms with van der Waals surface area (Å²) in [6.45, 7) is 1.77. The number of para-hydroxylation sites is 1. The molecule has 2 aromatic heterocycles. The highest BCUT2D eigenvalue weighted by molar-refractivity contribution is 6.04. The fraction of sp³-hybridized carbons (Fsp3) is 0.179. The van der Waals surface area contributed by atoms with Crippen LogP contribution in [0.15, 0.2) is 71.3 Å². The zero-order valence-electron chi connectivity index (χ0n) is 20.9. The van der Waals surface area contributed by atoms with Crippen molar-refractivity contribution in [1.29, 1.82) is 0 Å². The van der Waals surface area contributed by atoms with Crippen LogP contribution >= 0.6 is 0 Å². The molecule has 1 aliphatic rings. The third-order valence-electron chi connectivity index (χ3n) is 6.83. The second kappa shape index (κ2) is 9.70. The molecule has 0 spiro atoms. The van der Waals surface area contributed by atoms with E-state index in [0.29, 0.717) is 22.6 Å². The zero-order chi connectivity index (χ0) is 28.0. The van der Waals surface area contributed by atoms with Gasteiger partial charge in [-0.2, -0.15) is 18.3 Å². The number of carbonyl (C=O) groups excluding carboxylic acids is 1. The molecule has 5 aromatic rings. The monoisotopic (exact) mass is 550 g/mol. The van der Waals surface area contributed by atoms with Crippen molar-refractivity contribution < 1.29 is 26.9 Å². The molecule has 6 rings (SSSR count). The second-order valence-corrected chi connectivity index (χ2v) is 9.43. The standard InChI is InChI=1S/C28H22F4N6O2/c29-21-13-16(7-9-18(21)19-5-1-2-6-22(19)37-11-3-4-12-37)34-27(39)23-15-25(28(30,31)32)35-38(23)17-8-10-24-20(14-17)26(33)36-40-24/h1-2,5-10,13-15H,3-4,11-12H2,(H2,33,36)(H,34,39). The van der Waals surface area contributed by atoms with Gasteiger partial charge in [-0.15, -0.1) is 0 Å². The zero-order valence-corrected chi connectivity index (χ0v) is 20.9. The number of anilines is 3. The summed E-state index contributed by atoms with van der Waals surface area (Å²) in [6.07, 6.45) is -2.68. The third-order valence-corrected chi connectivity index (χ3v) is 6.83. The minimum Gasteiger partial charge on any atom is -0.380 e. The first-order chi connectivity index (χ1) is 19.2. The number of rotatable bonds is 5. The van der Waals surface area contributed by atoms with Gasteiger partial charge in [0.25, 0.3) is 5.91 Å². The van der Waals surface area contributed by atoms with E-state index in [4.69, 9.17) is 10.3 Å². The average molecular weight is 551 g/mol. The Kier molecular flexibility index (Phi) is 6.16. The smallest absolute Gasteiger partial charge is 0.380 e. The normalized spacial score (nSPS) is 13.8. The summed E-state index contributed by atoms with van der Waals surface area (Å²) in [7, 11) is 0. The lowest BCUT2D eigenvalue weighted by Gasteiger charge is -2.22. The second-order valence-electron chi connectivity index (χ2n) is 9.43. The number of benzene rings is 3. The molecule has 0 radical (unpaired) electrons. The quantitative estimate of drug-likeness (QED) is 0.250. The Balaban J connectivity index is 1.33. The van der Waals surface area contributed by atoms with E-state index in [2.05, 4.69) is 20.5 Å². The number of hydrogen-bond donors (Lipinski definition) is 2. The van der Waals surface area contributed by atoms with Crippen LogP contribution in [0.1, 0.15) is 29.0 Å². The van der Waals surface area contributed by atoms with Crippen molar-refractivity contribution in [2.75, 3.05) is 29.0 Å². The highest BCUT2D eigenvalue weighted by Crippen LogP contribution is 2.36. The Morgan fingerprint density at radius 2 is 1.75 bits per heavy atom. The van der Waals surface area contributed by atoms with Crippen LogP contribution in [0.3, 0.4) is 0 Å². The molecule has 3 heterocycles. The largest absolute Gasteiger partial charge is 0.435 e. The molecule has 0 aliphatic carbocycles. The highest BCUT2D eigenvalue weighted by Gasteiger charge is 2.36. The van der Waals surface area contributed by atoms with Crippen molar-refractivity contribution in [1.82, 2.24) is 14.9 Å². The van der Waals surface area contributed by atoms with Gasteiger partial charge in [-0.1, -0.05) is 23.4 Å². The minimum absolute atomic E-state index is 0.0351. The molecular formula is C28H22F4N6O2. The van der Waals surface area contributed by atoms with E-state index in [0.717, 1.165) is 47.9 Å². The van der Waals surface area contributed by atoms with Gasteiger partial charge in [-0.3, -0.25) is 4.79 Å². The summed E-state index contributed by atoms with van der Waals surface area (Å²) in [5, 5.41) is 10.1. The van der Waals surface area contributed by atoms with Gasteiger partial charge < -0.3 is 20.5 Å². The predicted molar refractivity (Wildman–Crippen MR) is 142 cm³/mol. The number of aromatic nitrogens is 3. The number of carbonyl (C=O) groups is 1. The molecule has 1 fully saturated rings. The molecule has 0 bridgehead atoms. The summed E-state index contributed by atoms with van der Waals surface area (Å²) >= 11 is 0. The Hall–Kier alpha value is -4.87. The molecule has 3 aromatic carbocycles. The molecule has 1 aliphatic heterocycles. The number of amides is 1. The van der Waals surface area contributed by atoms with E-state index in [9.17, 15) is 18.0 Å². The number of alkyl halides is 3. The van der Waals surface area contributed by atoms with Gasteiger partial charge in [0.2, 0.25) is 0 Å². The predicted octanol–water partition coefficient (Wildman–Crippen LogP) is 6.27. The van der Waals surface area contributed by atoms with Gasteiger partial charge in [0, 0.05) is 41.7 Å². The van der Waals surface area contributed by atoms with Gasteiger partial charge in [0.05, 0.1) is 11.1 Å². The highest BCUT2D eigenvalue weighted by atomic mass is 19.4. The summed E-state index contributed by atoms with van der Waals surface area (Å²) in [5.41, 5.74) is 6.61. The molecular weight excluding hydrogens is 528 g/mol. The topological polar surface area (TPSA) is 102 Å². The molecule has 8 nitrogen and oxygen atoms in total. The number of nitrogens with two attached hydrogens (primary N) is 1. The molecule has 204 valence electrons. The SMILES string of the molecule is Nc1noc2ccc(-n3nc(C(F)(F)F)cc3C(=O)Nc3ccc(-c4ccccc4N4CCCC4)c(F)c3)cc12. The molecule has 0 unspecified atom stereocenters. The third kappa shape index (κ3) is 4.61. The van der Waals surface area contributed by atoms with Gasteiger partial charge >= 0.3 is 6.18 Å². The van der Waals surface area contributed by atoms with Crippen molar-refractivity contribution >= 4 is 34.1 Å². The average Bonchev–Trinajstić information content (AvgIpc) is 3.69. The molecule has 0 atom stereocenters. The lowest BCUT2D eigenvalue weighted by Crippen LogP contribution is -2.18. The van der Waals surface area contributed by atoms with E-state index in [1.165, 1.54) is 24.3 Å². The maximum atomic E-state index is 15.4. The number of nitrogens with one attached hydrogen (secondary N) is 1. The first-order valence-electron chi connectivity index (χ1n) is 12.5. The molecule has 40 heavy (non-hydrogen) atoms. The van der Waals surface area contributed by atoms with Crippen molar-refractivity contribution in [3.63, 3.8) is 0 Å². The van der Waals surface area contributed by atoms with Crippen molar-refractivity contribution in [2.24, 2.45) is 0 Å². The van der Waals surface area contributed by atoms with Crippen LogP contribution in [0.2, 0.25) is 0 Å². The first kappa shape index (κ1) is 25.4. The molecule has 3 N–H and O–H groups in total. The molecule has 1 amide bonds. The summed E-state index contributed by atoms with van der Waals surface area (Å²) < 4.78 is 61.9. The minimum atomic E-state index is -4.81. The maximum absolute atomic E-state index is 15.4. The number of nitrogens with zero attached hydrogens (tertiary/aromatic N) is 4. The van der Waals surface area contributed by atoms with Gasteiger partial charge in [-0.25, -0.2) is 9.07 Å². The Morgan fingerprint density at radius 1 is 0.975 bits per heavy atom. The van der Waals surface area contributed by atoms with Crippen LogP contribution < -0.4 is 16.0 Å². The van der Waals surface area contributed by atoms with E-state index in [-0.39, 0.29) is 17.2 Å². The summed E-state index contributed by atoms with van der Waals surface area (Å²) in [4.78, 5) is 15.4. The Morgan fingerprint density at radius 3 is 2.50 bits per heavy atom. The van der Waals surface area contributed by atoms with E-state index in [1.54, 1.807) is 6.07 Å². The van der Waals surface area contributed by atoms with Gasteiger partial charge in [0.1, 0.15) is 11.5 Å². The fourth-order valence-electron chi connectivity index (χ4n) is 4.90. The number of halogens is 4. The van der Waals surface area contributed by atoms with E-state index in [1.807, 2.05) is 24.3 Å². The van der Waals surface area contributed by atoms with Crippen molar-refractivity contribution in [3.8, 4) is 16.8 Å². The maximum Gasteiger partial charge on any atom is 0.435 e. The number of hydrogen-bond acceptors (Lipinski definition) is 6. The van der Waals surface area contributed by atoms with Gasteiger partial charge in [-0.05, 0) is 55.3 Å². The van der Waals surface area contributed by atoms with Crippen LogP contribution in [0.25, 0.3) is 27.8 Å². The van der Waals surface area contributed by atoms with Crippen LogP contribution in [0, 0.1) is 5.82 Å². The fourth-order valence-corrected chi connectivity index (χ4v) is 4.90. The van der Waals surface area contributed by atoms with E-state index >= 15 is 4.39 Å². The lowest BCUT2D eigenvalue weighted by atomic mass is 10.0. The van der Waals surface area contributed by atoms with E-state index < -0.39 is 29.3 Å². The molecule has 1 saturated heterocycles. The van der Waals surface area contributed by atoms with Crippen molar-refractivity contribution in [3.05, 3.63) is 83.9 Å². The van der Waals surface area contributed by atoms with Crippen LogP contribution in [-0.2, 0) is 6.18 Å². The Bertz CT molecular complexity index is 1740. The number of nitrogen functional groups attached to an aromatic ring is 1. The summed E-state index contributed by atoms with van der Waals surface area (Å²) in [6, 6.07) is 16.6. The van der Waals surface area contributed by atoms with Crippen LogP contribution in [-0.4, -0.2) is 33.9 Å². The van der Waals surface area contributed by atoms with Crippen LogP contribution in [0.5, 0.6) is 0 Å².